The predicted molar refractivity (Wildman–Crippen MR) is 110 cm³/mol. The smallest absolute Gasteiger partial charge is 0.230 e. The summed E-state index contributed by atoms with van der Waals surface area (Å²) in [5.41, 5.74) is 3.47. The van der Waals surface area contributed by atoms with Crippen molar-refractivity contribution >= 4 is 17.7 Å². The van der Waals surface area contributed by atoms with Crippen LogP contribution in [-0.2, 0) is 11.2 Å². The maximum absolute atomic E-state index is 12.2. The van der Waals surface area contributed by atoms with Gasteiger partial charge in [0, 0.05) is 11.6 Å². The molecule has 1 unspecified atom stereocenters. The van der Waals surface area contributed by atoms with Gasteiger partial charge in [0.15, 0.2) is 5.82 Å². The molecule has 140 valence electrons. The van der Waals surface area contributed by atoms with Gasteiger partial charge in [-0.3, -0.25) is 9.89 Å². The maximum atomic E-state index is 12.2. The molecule has 0 aliphatic rings. The fraction of sp³-hybridized carbons (Fsp3) is 0.286. The Morgan fingerprint density at radius 1 is 1.15 bits per heavy atom. The Kier molecular flexibility index (Phi) is 6.65. The van der Waals surface area contributed by atoms with E-state index < -0.39 is 0 Å². The molecule has 1 aromatic heterocycles. The predicted octanol–water partition coefficient (Wildman–Crippen LogP) is 4.01. The Hall–Kier alpha value is -2.60. The molecule has 27 heavy (non-hydrogen) atoms. The van der Waals surface area contributed by atoms with Gasteiger partial charge in [0.25, 0.3) is 0 Å². The van der Waals surface area contributed by atoms with Crippen molar-refractivity contribution in [2.75, 3.05) is 5.75 Å². The molecule has 1 heterocycles. The van der Waals surface area contributed by atoms with Crippen molar-refractivity contribution in [1.29, 1.82) is 0 Å². The van der Waals surface area contributed by atoms with Gasteiger partial charge in [0.1, 0.15) is 0 Å². The molecule has 0 spiro atoms. The van der Waals surface area contributed by atoms with Crippen molar-refractivity contribution in [3.63, 3.8) is 0 Å². The van der Waals surface area contributed by atoms with Crippen molar-refractivity contribution in [2.24, 2.45) is 0 Å². The molecule has 1 amide bonds. The largest absolute Gasteiger partial charge is 0.353 e. The van der Waals surface area contributed by atoms with Gasteiger partial charge in [-0.05, 0) is 32.3 Å². The van der Waals surface area contributed by atoms with Crippen LogP contribution in [0.2, 0.25) is 0 Å². The molecule has 2 N–H and O–H groups in total. The van der Waals surface area contributed by atoms with Crippen LogP contribution < -0.4 is 5.32 Å². The lowest BCUT2D eigenvalue weighted by Crippen LogP contribution is -2.34. The van der Waals surface area contributed by atoms with Gasteiger partial charge < -0.3 is 5.32 Å². The summed E-state index contributed by atoms with van der Waals surface area (Å²) in [6.45, 7) is 4.08. The summed E-state index contributed by atoms with van der Waals surface area (Å²) >= 11 is 1.34. The lowest BCUT2D eigenvalue weighted by molar-refractivity contribution is -0.119. The molecule has 3 rings (SSSR count). The first-order valence-corrected chi connectivity index (χ1v) is 10.0. The van der Waals surface area contributed by atoms with E-state index in [0.29, 0.717) is 16.7 Å². The first kappa shape index (κ1) is 19.2. The standard InChI is InChI=1S/C21H24N4OS/c1-15-8-12-18(13-9-15)20-23-21(25-24-20)27-14-19(26)22-16(2)10-11-17-6-4-3-5-7-17/h3-9,12-13,16H,10-11,14H2,1-2H3,(H,22,26)(H,23,24,25). The van der Waals surface area contributed by atoms with Crippen LogP contribution in [0.4, 0.5) is 0 Å². The van der Waals surface area contributed by atoms with Crippen LogP contribution in [0.5, 0.6) is 0 Å². The highest BCUT2D eigenvalue weighted by atomic mass is 32.2. The summed E-state index contributed by atoms with van der Waals surface area (Å²) in [6, 6.07) is 18.5. The summed E-state index contributed by atoms with van der Waals surface area (Å²) in [5.74, 6) is 1.03. The highest BCUT2D eigenvalue weighted by molar-refractivity contribution is 7.99. The molecule has 0 saturated carbocycles. The average Bonchev–Trinajstić information content (AvgIpc) is 3.15. The zero-order valence-corrected chi connectivity index (χ0v) is 16.4. The van der Waals surface area contributed by atoms with E-state index in [4.69, 9.17) is 0 Å². The number of nitrogens with one attached hydrogen (secondary N) is 2. The summed E-state index contributed by atoms with van der Waals surface area (Å²) in [7, 11) is 0. The Morgan fingerprint density at radius 2 is 1.89 bits per heavy atom. The van der Waals surface area contributed by atoms with E-state index in [9.17, 15) is 4.79 Å². The monoisotopic (exact) mass is 380 g/mol. The van der Waals surface area contributed by atoms with E-state index in [1.54, 1.807) is 0 Å². The molecule has 0 fully saturated rings. The average molecular weight is 381 g/mol. The van der Waals surface area contributed by atoms with Crippen LogP contribution in [0.3, 0.4) is 0 Å². The van der Waals surface area contributed by atoms with Crippen LogP contribution in [0.15, 0.2) is 59.8 Å². The highest BCUT2D eigenvalue weighted by Crippen LogP contribution is 2.19. The van der Waals surface area contributed by atoms with Crippen molar-refractivity contribution in [3.8, 4) is 11.4 Å². The number of amides is 1. The van der Waals surface area contributed by atoms with Crippen LogP contribution in [0.25, 0.3) is 11.4 Å². The first-order chi connectivity index (χ1) is 13.1. The fourth-order valence-electron chi connectivity index (χ4n) is 2.70. The molecule has 2 aromatic carbocycles. The minimum atomic E-state index is 0.00208. The number of thioether (sulfide) groups is 1. The van der Waals surface area contributed by atoms with Crippen molar-refractivity contribution < 1.29 is 4.79 Å². The molecule has 0 aliphatic carbocycles. The molecule has 0 bridgehead atoms. The molecule has 0 radical (unpaired) electrons. The van der Waals surface area contributed by atoms with Gasteiger partial charge in [0.05, 0.1) is 5.75 Å². The van der Waals surface area contributed by atoms with Gasteiger partial charge >= 0.3 is 0 Å². The van der Waals surface area contributed by atoms with Crippen molar-refractivity contribution in [2.45, 2.75) is 37.9 Å². The number of H-pyrrole nitrogens is 1. The Balaban J connectivity index is 1.43. The number of carbonyl (C=O) groups excluding carboxylic acids is 1. The third-order valence-corrected chi connectivity index (χ3v) is 5.09. The molecule has 5 nitrogen and oxygen atoms in total. The van der Waals surface area contributed by atoms with Crippen molar-refractivity contribution in [3.05, 3.63) is 65.7 Å². The van der Waals surface area contributed by atoms with Gasteiger partial charge in [-0.2, -0.15) is 0 Å². The summed E-state index contributed by atoms with van der Waals surface area (Å²) < 4.78 is 0. The number of aromatic nitrogens is 3. The van der Waals surface area contributed by atoms with Crippen LogP contribution >= 0.6 is 11.8 Å². The van der Waals surface area contributed by atoms with Crippen molar-refractivity contribution in [1.82, 2.24) is 20.5 Å². The molecule has 6 heteroatoms. The zero-order chi connectivity index (χ0) is 19.1. The Morgan fingerprint density at radius 3 is 2.63 bits per heavy atom. The number of nitrogens with zero attached hydrogens (tertiary/aromatic N) is 2. The van der Waals surface area contributed by atoms with E-state index in [1.807, 2.05) is 56.3 Å². The lowest BCUT2D eigenvalue weighted by atomic mass is 10.1. The van der Waals surface area contributed by atoms with E-state index in [0.717, 1.165) is 18.4 Å². The minimum absolute atomic E-state index is 0.00208. The van der Waals surface area contributed by atoms with Gasteiger partial charge in [-0.1, -0.05) is 71.9 Å². The number of benzene rings is 2. The van der Waals surface area contributed by atoms with Gasteiger partial charge in [0.2, 0.25) is 11.1 Å². The number of rotatable bonds is 8. The normalized spacial score (nSPS) is 11.9. The second-order valence-corrected chi connectivity index (χ2v) is 7.56. The summed E-state index contributed by atoms with van der Waals surface area (Å²) in [4.78, 5) is 16.6. The van der Waals surface area contributed by atoms with E-state index in [1.165, 1.54) is 22.9 Å². The highest BCUT2D eigenvalue weighted by Gasteiger charge is 2.11. The van der Waals surface area contributed by atoms with Gasteiger partial charge in [-0.15, -0.1) is 5.10 Å². The second kappa shape index (κ2) is 9.37. The lowest BCUT2D eigenvalue weighted by Gasteiger charge is -2.13. The molecule has 1 atom stereocenters. The van der Waals surface area contributed by atoms with Crippen LogP contribution in [0.1, 0.15) is 24.5 Å². The number of aryl methyl sites for hydroxylation is 2. The molecule has 3 aromatic rings. The SMILES string of the molecule is Cc1ccc(-c2nc(SCC(=O)NC(C)CCc3ccccc3)n[nH]2)cc1. The second-order valence-electron chi connectivity index (χ2n) is 6.61. The first-order valence-electron chi connectivity index (χ1n) is 9.05. The number of aromatic amines is 1. The quantitative estimate of drug-likeness (QED) is 0.579. The summed E-state index contributed by atoms with van der Waals surface area (Å²) in [5, 5.41) is 10.7. The van der Waals surface area contributed by atoms with Gasteiger partial charge in [-0.25, -0.2) is 4.98 Å². The maximum Gasteiger partial charge on any atom is 0.230 e. The number of hydrogen-bond donors (Lipinski definition) is 2. The van der Waals surface area contributed by atoms with Crippen LogP contribution in [-0.4, -0.2) is 32.9 Å². The summed E-state index contributed by atoms with van der Waals surface area (Å²) in [6.07, 6.45) is 1.87. The zero-order valence-electron chi connectivity index (χ0n) is 15.6. The Bertz CT molecular complexity index is 861. The van der Waals surface area contributed by atoms with E-state index in [-0.39, 0.29) is 11.9 Å². The molecular formula is C21H24N4OS. The molecule has 0 aliphatic heterocycles. The Labute approximate surface area is 164 Å². The molecule has 0 saturated heterocycles. The van der Waals surface area contributed by atoms with Crippen LogP contribution in [0, 0.1) is 6.92 Å². The third kappa shape index (κ3) is 5.96. The fourth-order valence-corrected chi connectivity index (χ4v) is 3.31. The number of carbonyl (C=O) groups is 1. The molecular weight excluding hydrogens is 356 g/mol. The topological polar surface area (TPSA) is 70.7 Å². The number of hydrogen-bond acceptors (Lipinski definition) is 4. The minimum Gasteiger partial charge on any atom is -0.353 e. The van der Waals surface area contributed by atoms with E-state index >= 15 is 0 Å². The van der Waals surface area contributed by atoms with E-state index in [2.05, 4.69) is 32.6 Å². The third-order valence-electron chi connectivity index (χ3n) is 4.24.